The largest absolute Gasteiger partial charge is 0.478 e. The second-order valence-corrected chi connectivity index (χ2v) is 5.38. The number of carboxylic acid groups (broad SMARTS) is 2. The van der Waals surface area contributed by atoms with Crippen molar-refractivity contribution < 1.29 is 33.0 Å². The zero-order valence-electron chi connectivity index (χ0n) is 10.4. The highest BCUT2D eigenvalue weighted by atomic mass is 32.2. The van der Waals surface area contributed by atoms with Crippen LogP contribution in [0.15, 0.2) is 15.4 Å². The predicted octanol–water partition coefficient (Wildman–Crippen LogP) is 0.724. The molecule has 0 radical (unpaired) electrons. The summed E-state index contributed by atoms with van der Waals surface area (Å²) in [5, 5.41) is 18.1. The van der Waals surface area contributed by atoms with Gasteiger partial charge in [-0.1, -0.05) is 4.40 Å². The highest BCUT2D eigenvalue weighted by Crippen LogP contribution is 2.28. The Morgan fingerprint density at radius 1 is 1.20 bits per heavy atom. The summed E-state index contributed by atoms with van der Waals surface area (Å²) in [5.41, 5.74) is -1.21. The Morgan fingerprint density at radius 2 is 1.75 bits per heavy atom. The maximum Gasteiger partial charge on any atom is 0.337 e. The van der Waals surface area contributed by atoms with Crippen LogP contribution in [0.1, 0.15) is 31.8 Å². The fourth-order valence-corrected chi connectivity index (χ4v) is 2.98. The normalized spacial score (nSPS) is 10.7. The number of hydrogen-bond donors (Lipinski definition) is 2. The van der Waals surface area contributed by atoms with E-state index in [9.17, 15) is 22.8 Å². The van der Waals surface area contributed by atoms with E-state index in [1.807, 2.05) is 0 Å². The third-order valence-corrected chi connectivity index (χ3v) is 3.93. The molecule has 1 rings (SSSR count). The fraction of sp³-hybridized carbons (Fsp3) is 0.182. The summed E-state index contributed by atoms with van der Waals surface area (Å²) in [5.74, 6) is -2.99. The van der Waals surface area contributed by atoms with Crippen LogP contribution in [-0.4, -0.2) is 36.6 Å². The number of benzene rings is 1. The average molecular weight is 299 g/mol. The second-order valence-electron chi connectivity index (χ2n) is 3.84. The topological polar surface area (TPSA) is 138 Å². The lowest BCUT2D eigenvalue weighted by Gasteiger charge is -2.12. The summed E-state index contributed by atoms with van der Waals surface area (Å²) < 4.78 is 26.1. The van der Waals surface area contributed by atoms with Gasteiger partial charge < -0.3 is 10.2 Å². The van der Waals surface area contributed by atoms with Gasteiger partial charge in [0.15, 0.2) is 0 Å². The van der Waals surface area contributed by atoms with Crippen molar-refractivity contribution in [1.82, 2.24) is 0 Å². The number of sulfonamides is 1. The van der Waals surface area contributed by atoms with Crippen LogP contribution >= 0.6 is 0 Å². The van der Waals surface area contributed by atoms with Crippen LogP contribution in [0.25, 0.3) is 0 Å². The molecule has 0 atom stereocenters. The van der Waals surface area contributed by atoms with Crippen molar-refractivity contribution in [2.45, 2.75) is 18.7 Å². The number of nitrogens with zero attached hydrogens (tertiary/aromatic N) is 1. The van der Waals surface area contributed by atoms with Gasteiger partial charge in [-0.05, 0) is 31.0 Å². The summed E-state index contributed by atoms with van der Waals surface area (Å²) in [4.78, 5) is 31.5. The van der Waals surface area contributed by atoms with Crippen molar-refractivity contribution in [3.63, 3.8) is 0 Å². The van der Waals surface area contributed by atoms with E-state index in [0.717, 1.165) is 19.1 Å². The lowest BCUT2D eigenvalue weighted by molar-refractivity contribution is 0.0676. The number of rotatable bonds is 4. The Kier molecular flexibility index (Phi) is 4.07. The fourth-order valence-electron chi connectivity index (χ4n) is 1.88. The smallest absolute Gasteiger partial charge is 0.337 e. The molecule has 1 aromatic carbocycles. The molecule has 0 amide bonds. The number of aryl methyl sites for hydroxylation is 1. The highest BCUT2D eigenvalue weighted by Gasteiger charge is 2.29. The summed E-state index contributed by atoms with van der Waals surface area (Å²) in [7, 11) is -4.63. The Bertz CT molecular complexity index is 757. The van der Waals surface area contributed by atoms with Crippen LogP contribution in [0, 0.1) is 13.8 Å². The minimum atomic E-state index is -4.63. The number of carbonyl (C=O) groups excluding carboxylic acids is 1. The number of isocyanates is 1. The Morgan fingerprint density at radius 3 is 2.15 bits per heavy atom. The minimum absolute atomic E-state index is 0.0847. The molecule has 9 heteroatoms. The molecule has 2 N–H and O–H groups in total. The zero-order valence-corrected chi connectivity index (χ0v) is 11.2. The van der Waals surface area contributed by atoms with Gasteiger partial charge in [0, 0.05) is 0 Å². The quantitative estimate of drug-likeness (QED) is 0.617. The van der Waals surface area contributed by atoms with Gasteiger partial charge in [0.1, 0.15) is 4.90 Å². The molecule has 0 bridgehead atoms. The number of carbonyl (C=O) groups is 2. The molecule has 0 unspecified atom stereocenters. The molecule has 0 aliphatic heterocycles. The third kappa shape index (κ3) is 2.58. The van der Waals surface area contributed by atoms with Gasteiger partial charge in [-0.25, -0.2) is 14.4 Å². The van der Waals surface area contributed by atoms with Gasteiger partial charge in [-0.2, -0.15) is 8.42 Å². The van der Waals surface area contributed by atoms with E-state index in [4.69, 9.17) is 10.2 Å². The van der Waals surface area contributed by atoms with Gasteiger partial charge in [-0.3, -0.25) is 0 Å². The Balaban J connectivity index is 3.99. The molecule has 106 valence electrons. The second kappa shape index (κ2) is 5.24. The molecular weight excluding hydrogens is 290 g/mol. The Labute approximate surface area is 113 Å². The van der Waals surface area contributed by atoms with Crippen LogP contribution in [-0.2, 0) is 14.8 Å². The van der Waals surface area contributed by atoms with Gasteiger partial charge >= 0.3 is 11.9 Å². The van der Waals surface area contributed by atoms with Gasteiger partial charge in [0.25, 0.3) is 16.1 Å². The Hall–Kier alpha value is -2.51. The molecule has 0 saturated heterocycles. The molecule has 0 fully saturated rings. The minimum Gasteiger partial charge on any atom is -0.478 e. The standard InChI is InChI=1S/C11H9NO7S/c1-5-3-7(10(14)15)9(20(18,19)12-4-13)6(2)8(5)11(16)17/h3H,1-2H3,(H,14,15)(H,16,17). The van der Waals surface area contributed by atoms with E-state index in [-0.39, 0.29) is 16.7 Å². The van der Waals surface area contributed by atoms with Crippen molar-refractivity contribution in [2.24, 2.45) is 4.40 Å². The molecule has 0 aliphatic carbocycles. The van der Waals surface area contributed by atoms with Gasteiger partial charge in [-0.15, -0.1) is 0 Å². The van der Waals surface area contributed by atoms with E-state index in [0.29, 0.717) is 0 Å². The number of aromatic carboxylic acids is 2. The SMILES string of the molecule is Cc1cc(C(=O)O)c(S(=O)(=O)N=C=O)c(C)c1C(=O)O. The van der Waals surface area contributed by atoms with Gasteiger partial charge in [0.2, 0.25) is 0 Å². The molecule has 1 aromatic rings. The predicted molar refractivity (Wildman–Crippen MR) is 65.1 cm³/mol. The van der Waals surface area contributed by atoms with E-state index in [2.05, 4.69) is 4.40 Å². The molecule has 0 spiro atoms. The molecule has 8 nitrogen and oxygen atoms in total. The molecule has 0 saturated carbocycles. The molecular formula is C11H9NO7S. The summed E-state index contributed by atoms with van der Waals surface area (Å²) in [6.45, 7) is 2.47. The first-order valence-electron chi connectivity index (χ1n) is 5.08. The zero-order chi connectivity index (χ0) is 15.7. The molecule has 0 aliphatic rings. The first kappa shape index (κ1) is 15.5. The van der Waals surface area contributed by atoms with E-state index < -0.39 is 32.4 Å². The van der Waals surface area contributed by atoms with Crippen molar-refractivity contribution in [1.29, 1.82) is 0 Å². The van der Waals surface area contributed by atoms with Crippen molar-refractivity contribution in [2.75, 3.05) is 0 Å². The van der Waals surface area contributed by atoms with Gasteiger partial charge in [0.05, 0.1) is 11.1 Å². The first-order valence-corrected chi connectivity index (χ1v) is 6.52. The van der Waals surface area contributed by atoms with Crippen LogP contribution in [0.5, 0.6) is 0 Å². The van der Waals surface area contributed by atoms with Crippen LogP contribution in [0.3, 0.4) is 0 Å². The van der Waals surface area contributed by atoms with E-state index in [1.165, 1.54) is 6.92 Å². The molecule has 0 aromatic heterocycles. The maximum absolute atomic E-state index is 11.8. The van der Waals surface area contributed by atoms with Crippen molar-refractivity contribution >= 4 is 28.0 Å². The highest BCUT2D eigenvalue weighted by molar-refractivity contribution is 7.90. The summed E-state index contributed by atoms with van der Waals surface area (Å²) in [6.07, 6.45) is 0.810. The van der Waals surface area contributed by atoms with Crippen molar-refractivity contribution in [3.05, 3.63) is 28.3 Å². The summed E-state index contributed by atoms with van der Waals surface area (Å²) >= 11 is 0. The van der Waals surface area contributed by atoms with E-state index >= 15 is 0 Å². The first-order chi connectivity index (χ1) is 9.13. The third-order valence-electron chi connectivity index (χ3n) is 2.58. The summed E-state index contributed by atoms with van der Waals surface area (Å²) in [6, 6.07) is 0.909. The van der Waals surface area contributed by atoms with Crippen LogP contribution in [0.4, 0.5) is 0 Å². The lowest BCUT2D eigenvalue weighted by atomic mass is 9.99. The molecule has 0 heterocycles. The number of hydrogen-bond acceptors (Lipinski definition) is 5. The van der Waals surface area contributed by atoms with Crippen molar-refractivity contribution in [3.8, 4) is 0 Å². The lowest BCUT2D eigenvalue weighted by Crippen LogP contribution is -2.14. The van der Waals surface area contributed by atoms with Crippen LogP contribution in [0.2, 0.25) is 0 Å². The van der Waals surface area contributed by atoms with Crippen LogP contribution < -0.4 is 0 Å². The number of carboxylic acids is 2. The maximum atomic E-state index is 11.8. The average Bonchev–Trinajstić information content (AvgIpc) is 2.26. The van der Waals surface area contributed by atoms with E-state index in [1.54, 1.807) is 0 Å². The monoisotopic (exact) mass is 299 g/mol. The molecule has 20 heavy (non-hydrogen) atoms.